The lowest BCUT2D eigenvalue weighted by atomic mass is 9.79. The predicted octanol–water partition coefficient (Wildman–Crippen LogP) is 2.62. The van der Waals surface area contributed by atoms with Gasteiger partial charge in [0.1, 0.15) is 0 Å². The average Bonchev–Trinajstić information content (AvgIpc) is 2.89. The van der Waals surface area contributed by atoms with Crippen LogP contribution < -0.4 is 10.2 Å². The summed E-state index contributed by atoms with van der Waals surface area (Å²) in [4.78, 5) is 25.8. The Morgan fingerprint density at radius 3 is 2.36 bits per heavy atom. The zero-order chi connectivity index (χ0) is 16.0. The highest BCUT2D eigenvalue weighted by molar-refractivity contribution is 6.01. The first-order valence-electron chi connectivity index (χ1n) is 8.00. The highest BCUT2D eigenvalue weighted by atomic mass is 16.2. The van der Waals surface area contributed by atoms with E-state index in [1.165, 1.54) is 5.56 Å². The quantitative estimate of drug-likeness (QED) is 0.811. The topological polar surface area (TPSA) is 49.4 Å². The van der Waals surface area contributed by atoms with Gasteiger partial charge >= 0.3 is 0 Å². The third-order valence-electron chi connectivity index (χ3n) is 5.02. The number of anilines is 1. The van der Waals surface area contributed by atoms with Crippen LogP contribution in [0.3, 0.4) is 0 Å². The van der Waals surface area contributed by atoms with Gasteiger partial charge in [0.25, 0.3) is 0 Å². The molecule has 0 aromatic heterocycles. The van der Waals surface area contributed by atoms with Gasteiger partial charge < -0.3 is 4.90 Å². The van der Waals surface area contributed by atoms with Crippen molar-refractivity contribution < 1.29 is 9.59 Å². The van der Waals surface area contributed by atoms with Crippen LogP contribution in [0.15, 0.2) is 24.3 Å². The zero-order valence-electron chi connectivity index (χ0n) is 13.6. The third-order valence-corrected chi connectivity index (χ3v) is 5.02. The molecule has 1 spiro atoms. The number of benzene rings is 1. The molecule has 1 aromatic rings. The molecule has 4 nitrogen and oxygen atoms in total. The minimum absolute atomic E-state index is 0.0856. The Kier molecular flexibility index (Phi) is 3.50. The summed E-state index contributed by atoms with van der Waals surface area (Å²) in [5.41, 5.74) is 2.24. The number of nitrogens with zero attached hydrogens (tertiary/aromatic N) is 1. The molecule has 1 N–H and O–H groups in total. The lowest BCUT2D eigenvalue weighted by molar-refractivity contribution is -0.140. The molecule has 118 valence electrons. The first-order valence-corrected chi connectivity index (χ1v) is 8.00. The average molecular weight is 300 g/mol. The van der Waals surface area contributed by atoms with E-state index in [-0.39, 0.29) is 22.6 Å². The van der Waals surface area contributed by atoms with Crippen molar-refractivity contribution in [1.82, 2.24) is 5.32 Å². The van der Waals surface area contributed by atoms with Gasteiger partial charge in [-0.3, -0.25) is 14.9 Å². The van der Waals surface area contributed by atoms with Crippen LogP contribution in [-0.4, -0.2) is 24.9 Å². The summed E-state index contributed by atoms with van der Waals surface area (Å²) in [6.45, 7) is 8.19. The van der Waals surface area contributed by atoms with E-state index < -0.39 is 0 Å². The highest BCUT2D eigenvalue weighted by Gasteiger charge is 2.47. The minimum Gasteiger partial charge on any atom is -0.370 e. The molecule has 2 amide bonds. The Morgan fingerprint density at radius 2 is 1.77 bits per heavy atom. The van der Waals surface area contributed by atoms with Gasteiger partial charge in [-0.15, -0.1) is 0 Å². The number of piperidine rings is 1. The van der Waals surface area contributed by atoms with Crippen molar-refractivity contribution in [2.75, 3.05) is 18.0 Å². The van der Waals surface area contributed by atoms with Crippen molar-refractivity contribution in [3.63, 3.8) is 0 Å². The summed E-state index contributed by atoms with van der Waals surface area (Å²) in [5, 5.41) is 2.51. The van der Waals surface area contributed by atoms with Gasteiger partial charge in [0.15, 0.2) is 0 Å². The van der Waals surface area contributed by atoms with E-state index >= 15 is 0 Å². The Labute approximate surface area is 131 Å². The van der Waals surface area contributed by atoms with E-state index in [0.717, 1.165) is 18.7 Å². The summed E-state index contributed by atoms with van der Waals surface area (Å²) < 4.78 is 0. The second-order valence-electron chi connectivity index (χ2n) is 7.63. The van der Waals surface area contributed by atoms with E-state index in [1.54, 1.807) is 0 Å². The van der Waals surface area contributed by atoms with Crippen molar-refractivity contribution in [2.24, 2.45) is 5.41 Å². The number of hydrogen-bond acceptors (Lipinski definition) is 3. The molecule has 1 atom stereocenters. The Bertz CT molecular complexity index is 601. The van der Waals surface area contributed by atoms with Gasteiger partial charge in [-0.25, -0.2) is 0 Å². The summed E-state index contributed by atoms with van der Waals surface area (Å²) in [7, 11) is 0. The molecule has 2 saturated heterocycles. The van der Waals surface area contributed by atoms with Gasteiger partial charge in [-0.1, -0.05) is 32.9 Å². The molecule has 1 aromatic carbocycles. The highest BCUT2D eigenvalue weighted by Crippen LogP contribution is 2.39. The van der Waals surface area contributed by atoms with E-state index in [4.69, 9.17) is 0 Å². The van der Waals surface area contributed by atoms with Crippen molar-refractivity contribution in [1.29, 1.82) is 0 Å². The van der Waals surface area contributed by atoms with E-state index in [1.807, 2.05) is 0 Å². The molecule has 3 rings (SSSR count). The number of carbonyl (C=O) groups is 2. The summed E-state index contributed by atoms with van der Waals surface area (Å²) >= 11 is 0. The molecule has 0 saturated carbocycles. The fourth-order valence-electron chi connectivity index (χ4n) is 3.44. The maximum absolute atomic E-state index is 12.2. The number of amides is 2. The summed E-state index contributed by atoms with van der Waals surface area (Å²) in [6.07, 6.45) is 1.96. The first-order chi connectivity index (χ1) is 10.3. The maximum atomic E-state index is 12.2. The van der Waals surface area contributed by atoms with Crippen molar-refractivity contribution >= 4 is 17.5 Å². The fraction of sp³-hybridized carbons (Fsp3) is 0.556. The van der Waals surface area contributed by atoms with Crippen molar-refractivity contribution in [2.45, 2.75) is 45.4 Å². The molecule has 1 unspecified atom stereocenters. The van der Waals surface area contributed by atoms with E-state index in [0.29, 0.717) is 19.4 Å². The second kappa shape index (κ2) is 5.11. The fourth-order valence-corrected chi connectivity index (χ4v) is 3.44. The van der Waals surface area contributed by atoms with Gasteiger partial charge in [-0.2, -0.15) is 0 Å². The van der Waals surface area contributed by atoms with Crippen LogP contribution in [0.5, 0.6) is 0 Å². The van der Waals surface area contributed by atoms with Crippen molar-refractivity contribution in [3.05, 3.63) is 29.8 Å². The molecule has 2 aliphatic rings. The molecule has 2 aliphatic heterocycles. The lowest BCUT2D eigenvalue weighted by Crippen LogP contribution is -2.50. The molecule has 0 bridgehead atoms. The number of nitrogens with one attached hydrogen (secondary N) is 1. The molecule has 2 heterocycles. The van der Waals surface area contributed by atoms with Crippen LogP contribution in [0.4, 0.5) is 5.69 Å². The standard InChI is InChI=1S/C18H24N2O2/c1-17(2,3)13-4-6-14(7-5-13)20-11-10-18(12-20)9-8-15(21)19-16(18)22/h4-7H,8-12H2,1-3H3,(H,19,21,22). The van der Waals surface area contributed by atoms with Gasteiger partial charge in [0.2, 0.25) is 11.8 Å². The van der Waals surface area contributed by atoms with Crippen LogP contribution in [0, 0.1) is 5.41 Å². The minimum atomic E-state index is -0.378. The number of imide groups is 1. The Hall–Kier alpha value is -1.84. The van der Waals surface area contributed by atoms with Gasteiger partial charge in [0, 0.05) is 25.2 Å². The molecule has 0 aliphatic carbocycles. The van der Waals surface area contributed by atoms with Crippen LogP contribution in [-0.2, 0) is 15.0 Å². The Morgan fingerprint density at radius 1 is 1.09 bits per heavy atom. The van der Waals surface area contributed by atoms with E-state index in [2.05, 4.69) is 55.3 Å². The third kappa shape index (κ3) is 2.62. The van der Waals surface area contributed by atoms with Crippen LogP contribution in [0.2, 0.25) is 0 Å². The molecule has 22 heavy (non-hydrogen) atoms. The number of hydrogen-bond donors (Lipinski definition) is 1. The van der Waals surface area contributed by atoms with Crippen LogP contribution in [0.1, 0.15) is 45.6 Å². The molecule has 4 heteroatoms. The lowest BCUT2D eigenvalue weighted by Gasteiger charge is -2.31. The molecule has 2 fully saturated rings. The number of carbonyl (C=O) groups excluding carboxylic acids is 2. The van der Waals surface area contributed by atoms with E-state index in [9.17, 15) is 9.59 Å². The van der Waals surface area contributed by atoms with Crippen LogP contribution in [0.25, 0.3) is 0 Å². The van der Waals surface area contributed by atoms with Crippen molar-refractivity contribution in [3.8, 4) is 0 Å². The monoisotopic (exact) mass is 300 g/mol. The largest absolute Gasteiger partial charge is 0.370 e. The molecule has 0 radical (unpaired) electrons. The summed E-state index contributed by atoms with van der Waals surface area (Å²) in [5.74, 6) is -0.221. The Balaban J connectivity index is 1.75. The normalized spacial score (nSPS) is 25.7. The zero-order valence-corrected chi connectivity index (χ0v) is 13.6. The molecular formula is C18H24N2O2. The SMILES string of the molecule is CC(C)(C)c1ccc(N2CCC3(CCC(=O)NC3=O)C2)cc1. The smallest absolute Gasteiger partial charge is 0.234 e. The first kappa shape index (κ1) is 15.1. The maximum Gasteiger partial charge on any atom is 0.234 e. The molecular weight excluding hydrogens is 276 g/mol. The second-order valence-corrected chi connectivity index (χ2v) is 7.63. The van der Waals surface area contributed by atoms with Gasteiger partial charge in [-0.05, 0) is 36.0 Å². The van der Waals surface area contributed by atoms with Crippen LogP contribution >= 0.6 is 0 Å². The summed E-state index contributed by atoms with van der Waals surface area (Å²) in [6, 6.07) is 8.63. The van der Waals surface area contributed by atoms with Gasteiger partial charge in [0.05, 0.1) is 5.41 Å². The number of rotatable bonds is 1. The predicted molar refractivity (Wildman–Crippen MR) is 86.8 cm³/mol.